The quantitative estimate of drug-likeness (QED) is 0.909. The molecule has 0 bridgehead atoms. The topological polar surface area (TPSA) is 71.8 Å². The third kappa shape index (κ3) is 4.01. The van der Waals surface area contributed by atoms with Crippen LogP contribution >= 0.6 is 0 Å². The number of carbonyl (C=O) groups is 1. The van der Waals surface area contributed by atoms with E-state index in [1.165, 1.54) is 12.1 Å². The Morgan fingerprint density at radius 2 is 2.00 bits per heavy atom. The first-order valence-corrected chi connectivity index (χ1v) is 6.68. The van der Waals surface area contributed by atoms with Gasteiger partial charge in [-0.05, 0) is 38.5 Å². The number of amides is 2. The molecule has 2 rings (SSSR count). The second kappa shape index (κ2) is 6.34. The summed E-state index contributed by atoms with van der Waals surface area (Å²) >= 11 is 0. The molecule has 0 saturated heterocycles. The SMILES string of the molecule is Cc1nc(NC(=O)NCc2ccc(F)cc2)nn1C(C)C. The van der Waals surface area contributed by atoms with Crippen LogP contribution in [0.25, 0.3) is 0 Å². The molecular formula is C14H18FN5O. The first-order chi connectivity index (χ1) is 9.95. The number of halogens is 1. The van der Waals surface area contributed by atoms with Gasteiger partial charge in [-0.25, -0.2) is 13.9 Å². The summed E-state index contributed by atoms with van der Waals surface area (Å²) in [5.41, 5.74) is 0.809. The van der Waals surface area contributed by atoms with Crippen LogP contribution in [0.1, 0.15) is 31.3 Å². The molecule has 6 nitrogen and oxygen atoms in total. The van der Waals surface area contributed by atoms with Crippen molar-refractivity contribution in [2.75, 3.05) is 5.32 Å². The van der Waals surface area contributed by atoms with E-state index in [1.807, 2.05) is 20.8 Å². The molecule has 0 saturated carbocycles. The number of hydrogen-bond acceptors (Lipinski definition) is 3. The fraction of sp³-hybridized carbons (Fsp3) is 0.357. The van der Waals surface area contributed by atoms with Crippen molar-refractivity contribution in [1.29, 1.82) is 0 Å². The molecule has 0 fully saturated rings. The fourth-order valence-corrected chi connectivity index (χ4v) is 1.87. The zero-order valence-electron chi connectivity index (χ0n) is 12.2. The van der Waals surface area contributed by atoms with Crippen LogP contribution in [0.5, 0.6) is 0 Å². The van der Waals surface area contributed by atoms with Gasteiger partial charge in [0.25, 0.3) is 0 Å². The Morgan fingerprint density at radius 3 is 2.57 bits per heavy atom. The van der Waals surface area contributed by atoms with Gasteiger partial charge >= 0.3 is 6.03 Å². The zero-order valence-corrected chi connectivity index (χ0v) is 12.2. The number of hydrogen-bond donors (Lipinski definition) is 2. The number of aromatic nitrogens is 3. The lowest BCUT2D eigenvalue weighted by atomic mass is 10.2. The van der Waals surface area contributed by atoms with Crippen molar-refractivity contribution < 1.29 is 9.18 Å². The Hall–Kier alpha value is -2.44. The molecular weight excluding hydrogens is 273 g/mol. The van der Waals surface area contributed by atoms with E-state index in [4.69, 9.17) is 0 Å². The van der Waals surface area contributed by atoms with Crippen molar-refractivity contribution in [1.82, 2.24) is 20.1 Å². The third-order valence-corrected chi connectivity index (χ3v) is 2.88. The van der Waals surface area contributed by atoms with E-state index in [9.17, 15) is 9.18 Å². The van der Waals surface area contributed by atoms with Crippen LogP contribution in [0.2, 0.25) is 0 Å². The van der Waals surface area contributed by atoms with Gasteiger partial charge < -0.3 is 5.32 Å². The van der Waals surface area contributed by atoms with Crippen molar-refractivity contribution in [3.05, 3.63) is 41.5 Å². The maximum Gasteiger partial charge on any atom is 0.321 e. The second-order valence-electron chi connectivity index (χ2n) is 4.96. The molecule has 7 heteroatoms. The molecule has 2 amide bonds. The summed E-state index contributed by atoms with van der Waals surface area (Å²) in [6.45, 7) is 6.10. The smallest absolute Gasteiger partial charge is 0.321 e. The van der Waals surface area contributed by atoms with Gasteiger partial charge in [-0.3, -0.25) is 5.32 Å². The molecule has 0 spiro atoms. The van der Waals surface area contributed by atoms with E-state index in [-0.39, 0.29) is 17.8 Å². The van der Waals surface area contributed by atoms with Gasteiger partial charge in [-0.15, -0.1) is 5.10 Å². The maximum absolute atomic E-state index is 12.8. The first kappa shape index (κ1) is 15.0. The third-order valence-electron chi connectivity index (χ3n) is 2.88. The maximum atomic E-state index is 12.8. The van der Waals surface area contributed by atoms with Crippen molar-refractivity contribution in [3.8, 4) is 0 Å². The number of aryl methyl sites for hydroxylation is 1. The second-order valence-corrected chi connectivity index (χ2v) is 4.96. The molecule has 112 valence electrons. The van der Waals surface area contributed by atoms with Gasteiger partial charge in [-0.1, -0.05) is 12.1 Å². The lowest BCUT2D eigenvalue weighted by molar-refractivity contribution is 0.251. The van der Waals surface area contributed by atoms with Crippen LogP contribution in [0.15, 0.2) is 24.3 Å². The lowest BCUT2D eigenvalue weighted by Crippen LogP contribution is -2.28. The molecule has 2 N–H and O–H groups in total. The predicted molar refractivity (Wildman–Crippen MR) is 77.4 cm³/mol. The van der Waals surface area contributed by atoms with Crippen molar-refractivity contribution in [3.63, 3.8) is 0 Å². The normalized spacial score (nSPS) is 10.7. The highest BCUT2D eigenvalue weighted by Gasteiger charge is 2.11. The standard InChI is InChI=1S/C14H18FN5O/c1-9(2)20-10(3)17-13(19-20)18-14(21)16-8-11-4-6-12(15)7-5-11/h4-7,9H,8H2,1-3H3,(H2,16,18,19,21). The van der Waals surface area contributed by atoms with Gasteiger partial charge in [0.05, 0.1) is 0 Å². The average molecular weight is 291 g/mol. The molecule has 21 heavy (non-hydrogen) atoms. The van der Waals surface area contributed by atoms with Crippen LogP contribution in [0.3, 0.4) is 0 Å². The van der Waals surface area contributed by atoms with Crippen LogP contribution in [-0.4, -0.2) is 20.8 Å². The first-order valence-electron chi connectivity index (χ1n) is 6.68. The Morgan fingerprint density at radius 1 is 1.33 bits per heavy atom. The molecule has 1 heterocycles. The number of anilines is 1. The Balaban J connectivity index is 1.90. The van der Waals surface area contributed by atoms with Crippen LogP contribution in [0.4, 0.5) is 15.1 Å². The highest BCUT2D eigenvalue weighted by atomic mass is 19.1. The summed E-state index contributed by atoms with van der Waals surface area (Å²) in [6, 6.07) is 5.71. The minimum atomic E-state index is -0.403. The fourth-order valence-electron chi connectivity index (χ4n) is 1.87. The molecule has 0 unspecified atom stereocenters. The van der Waals surface area contributed by atoms with E-state index in [0.717, 1.165) is 11.4 Å². The average Bonchev–Trinajstić information content (AvgIpc) is 2.79. The van der Waals surface area contributed by atoms with Crippen molar-refractivity contribution in [2.24, 2.45) is 0 Å². The van der Waals surface area contributed by atoms with Crippen molar-refractivity contribution >= 4 is 12.0 Å². The molecule has 1 aromatic carbocycles. The minimum absolute atomic E-state index is 0.176. The molecule has 0 atom stereocenters. The van der Waals surface area contributed by atoms with Crippen molar-refractivity contribution in [2.45, 2.75) is 33.4 Å². The highest BCUT2D eigenvalue weighted by molar-refractivity contribution is 5.87. The van der Waals surface area contributed by atoms with E-state index >= 15 is 0 Å². The zero-order chi connectivity index (χ0) is 15.4. The summed E-state index contributed by atoms with van der Waals surface area (Å²) < 4.78 is 14.5. The molecule has 1 aromatic heterocycles. The highest BCUT2D eigenvalue weighted by Crippen LogP contribution is 2.09. The van der Waals surface area contributed by atoms with Gasteiger partial charge in [0, 0.05) is 12.6 Å². The molecule has 0 radical (unpaired) electrons. The van der Waals surface area contributed by atoms with E-state index in [1.54, 1.807) is 16.8 Å². The summed E-state index contributed by atoms with van der Waals surface area (Å²) in [6.07, 6.45) is 0. The summed E-state index contributed by atoms with van der Waals surface area (Å²) in [5, 5.41) is 9.44. The van der Waals surface area contributed by atoms with Gasteiger partial charge in [-0.2, -0.15) is 4.98 Å². The number of urea groups is 1. The number of nitrogens with one attached hydrogen (secondary N) is 2. The summed E-state index contributed by atoms with van der Waals surface area (Å²) in [4.78, 5) is 15.9. The van der Waals surface area contributed by atoms with Gasteiger partial charge in [0.1, 0.15) is 11.6 Å². The summed E-state index contributed by atoms with van der Waals surface area (Å²) in [5.74, 6) is 0.693. The largest absolute Gasteiger partial charge is 0.334 e. The Bertz CT molecular complexity index is 621. The molecule has 0 aliphatic heterocycles. The molecule has 0 aliphatic rings. The number of carbonyl (C=O) groups excluding carboxylic acids is 1. The van der Waals surface area contributed by atoms with E-state index < -0.39 is 6.03 Å². The number of rotatable bonds is 4. The van der Waals surface area contributed by atoms with Gasteiger partial charge in [0.15, 0.2) is 0 Å². The van der Waals surface area contributed by atoms with E-state index in [0.29, 0.717) is 6.54 Å². The minimum Gasteiger partial charge on any atom is -0.334 e. The molecule has 0 aliphatic carbocycles. The van der Waals surface area contributed by atoms with Crippen LogP contribution in [-0.2, 0) is 6.54 Å². The van der Waals surface area contributed by atoms with Crippen LogP contribution < -0.4 is 10.6 Å². The van der Waals surface area contributed by atoms with Crippen LogP contribution in [0, 0.1) is 12.7 Å². The van der Waals surface area contributed by atoms with E-state index in [2.05, 4.69) is 20.7 Å². The molecule has 2 aromatic rings. The number of nitrogens with zero attached hydrogens (tertiary/aromatic N) is 3. The predicted octanol–water partition coefficient (Wildman–Crippen LogP) is 2.63. The number of benzene rings is 1. The Labute approximate surface area is 122 Å². The lowest BCUT2D eigenvalue weighted by Gasteiger charge is -2.06. The summed E-state index contributed by atoms with van der Waals surface area (Å²) in [7, 11) is 0. The Kier molecular flexibility index (Phi) is 4.52. The van der Waals surface area contributed by atoms with Gasteiger partial charge in [0.2, 0.25) is 5.95 Å². The monoisotopic (exact) mass is 291 g/mol.